The van der Waals surface area contributed by atoms with Crippen molar-refractivity contribution < 1.29 is 4.74 Å². The molecule has 0 spiro atoms. The number of ether oxygens (including phenoxy) is 1. The highest BCUT2D eigenvalue weighted by Gasteiger charge is 2.05. The smallest absolute Gasteiger partial charge is 0.203 e. The normalized spacial score (nSPS) is 10.9. The standard InChI is InChI=1S/C15H23N3OS/c1-3-13-6-11-20-14(13)12-17-15-16-7-9-18(15)8-5-10-19-4-2/h6-7,9,11H,3-5,8,10,12H2,1-2H3,(H,16,17). The first-order valence-electron chi connectivity index (χ1n) is 7.23. The third kappa shape index (κ3) is 4.08. The van der Waals surface area contributed by atoms with Gasteiger partial charge in [0.15, 0.2) is 0 Å². The number of nitrogens with zero attached hydrogens (tertiary/aromatic N) is 2. The summed E-state index contributed by atoms with van der Waals surface area (Å²) in [6.45, 7) is 7.60. The molecule has 0 radical (unpaired) electrons. The first-order valence-corrected chi connectivity index (χ1v) is 8.11. The molecule has 2 heterocycles. The minimum Gasteiger partial charge on any atom is -0.382 e. The van der Waals surface area contributed by atoms with E-state index in [1.165, 1.54) is 10.4 Å². The Morgan fingerprint density at radius 1 is 1.40 bits per heavy atom. The molecule has 0 aliphatic heterocycles. The van der Waals surface area contributed by atoms with Crippen LogP contribution in [0.1, 0.15) is 30.7 Å². The maximum absolute atomic E-state index is 5.37. The van der Waals surface area contributed by atoms with E-state index in [-0.39, 0.29) is 0 Å². The third-order valence-corrected chi connectivity index (χ3v) is 4.20. The van der Waals surface area contributed by atoms with Gasteiger partial charge in [-0.2, -0.15) is 0 Å². The highest BCUT2D eigenvalue weighted by Crippen LogP contribution is 2.18. The van der Waals surface area contributed by atoms with E-state index < -0.39 is 0 Å². The minimum atomic E-state index is 0.785. The maximum Gasteiger partial charge on any atom is 0.203 e. The minimum absolute atomic E-state index is 0.785. The summed E-state index contributed by atoms with van der Waals surface area (Å²) in [7, 11) is 0. The van der Waals surface area contributed by atoms with Crippen LogP contribution in [-0.2, 0) is 24.2 Å². The highest BCUT2D eigenvalue weighted by molar-refractivity contribution is 7.10. The predicted octanol–water partition coefficient (Wildman–Crippen LogP) is 3.55. The molecule has 0 fully saturated rings. The second-order valence-corrected chi connectivity index (χ2v) is 5.57. The van der Waals surface area contributed by atoms with Crippen LogP contribution in [0.25, 0.3) is 0 Å². The number of anilines is 1. The van der Waals surface area contributed by atoms with Gasteiger partial charge in [0.25, 0.3) is 0 Å². The molecule has 1 N–H and O–H groups in total. The Labute approximate surface area is 124 Å². The van der Waals surface area contributed by atoms with Gasteiger partial charge in [-0.1, -0.05) is 6.92 Å². The Kier molecular flexibility index (Phi) is 6.08. The molecule has 2 rings (SSSR count). The quantitative estimate of drug-likeness (QED) is 0.719. The van der Waals surface area contributed by atoms with E-state index in [0.717, 1.165) is 45.1 Å². The number of aromatic nitrogens is 2. The third-order valence-electron chi connectivity index (χ3n) is 3.23. The van der Waals surface area contributed by atoms with E-state index in [1.807, 2.05) is 19.3 Å². The molecule has 2 aromatic rings. The van der Waals surface area contributed by atoms with Crippen molar-refractivity contribution in [2.75, 3.05) is 18.5 Å². The summed E-state index contributed by atoms with van der Waals surface area (Å²) in [5.41, 5.74) is 1.43. The van der Waals surface area contributed by atoms with E-state index >= 15 is 0 Å². The molecular weight excluding hydrogens is 270 g/mol. The van der Waals surface area contributed by atoms with Crippen molar-refractivity contribution in [3.05, 3.63) is 34.3 Å². The molecule has 0 bridgehead atoms. The Morgan fingerprint density at radius 3 is 3.10 bits per heavy atom. The molecule has 0 aliphatic rings. The summed E-state index contributed by atoms with van der Waals surface area (Å²) in [5.74, 6) is 0.942. The van der Waals surface area contributed by atoms with Crippen LogP contribution < -0.4 is 5.32 Å². The second-order valence-electron chi connectivity index (χ2n) is 4.57. The zero-order valence-electron chi connectivity index (χ0n) is 12.3. The van der Waals surface area contributed by atoms with Crippen LogP contribution in [0.4, 0.5) is 5.95 Å². The number of hydrogen-bond donors (Lipinski definition) is 1. The van der Waals surface area contributed by atoms with Crippen LogP contribution >= 0.6 is 11.3 Å². The molecule has 0 atom stereocenters. The van der Waals surface area contributed by atoms with Crippen molar-refractivity contribution in [1.82, 2.24) is 9.55 Å². The average Bonchev–Trinajstić information content (AvgIpc) is 3.09. The summed E-state index contributed by atoms with van der Waals surface area (Å²) in [6.07, 6.45) is 5.96. The largest absolute Gasteiger partial charge is 0.382 e. The monoisotopic (exact) mass is 293 g/mol. The fraction of sp³-hybridized carbons (Fsp3) is 0.533. The molecule has 0 saturated carbocycles. The summed E-state index contributed by atoms with van der Waals surface area (Å²) in [4.78, 5) is 5.79. The van der Waals surface area contributed by atoms with Crippen LogP contribution in [0.3, 0.4) is 0 Å². The van der Waals surface area contributed by atoms with Crippen LogP contribution in [0.2, 0.25) is 0 Å². The zero-order chi connectivity index (χ0) is 14.2. The number of aryl methyl sites for hydroxylation is 2. The molecule has 0 saturated heterocycles. The number of hydrogen-bond acceptors (Lipinski definition) is 4. The molecule has 0 aliphatic carbocycles. The van der Waals surface area contributed by atoms with Crippen molar-refractivity contribution in [3.8, 4) is 0 Å². The van der Waals surface area contributed by atoms with E-state index in [0.29, 0.717) is 0 Å². The van der Waals surface area contributed by atoms with Crippen molar-refractivity contribution in [2.45, 2.75) is 39.8 Å². The van der Waals surface area contributed by atoms with Gasteiger partial charge in [-0.3, -0.25) is 0 Å². The van der Waals surface area contributed by atoms with Gasteiger partial charge in [0.1, 0.15) is 0 Å². The van der Waals surface area contributed by atoms with Gasteiger partial charge in [-0.05, 0) is 36.8 Å². The molecule has 20 heavy (non-hydrogen) atoms. The first kappa shape index (κ1) is 15.1. The van der Waals surface area contributed by atoms with Crippen molar-refractivity contribution in [2.24, 2.45) is 0 Å². The van der Waals surface area contributed by atoms with Crippen molar-refractivity contribution >= 4 is 17.3 Å². The molecule has 0 amide bonds. The molecule has 0 unspecified atom stereocenters. The lowest BCUT2D eigenvalue weighted by Gasteiger charge is -2.10. The zero-order valence-corrected chi connectivity index (χ0v) is 13.1. The maximum atomic E-state index is 5.37. The number of rotatable bonds is 9. The van der Waals surface area contributed by atoms with Crippen LogP contribution in [0.15, 0.2) is 23.8 Å². The second kappa shape index (κ2) is 8.07. The van der Waals surface area contributed by atoms with Gasteiger partial charge in [-0.15, -0.1) is 11.3 Å². The van der Waals surface area contributed by atoms with E-state index in [4.69, 9.17) is 4.74 Å². The average molecular weight is 293 g/mol. The fourth-order valence-corrected chi connectivity index (χ4v) is 3.05. The molecule has 4 nitrogen and oxygen atoms in total. The summed E-state index contributed by atoms with van der Waals surface area (Å²) < 4.78 is 7.52. The number of thiophene rings is 1. The van der Waals surface area contributed by atoms with Gasteiger partial charge in [0, 0.05) is 37.0 Å². The SMILES string of the molecule is CCOCCCn1ccnc1NCc1sccc1CC. The molecule has 0 aromatic carbocycles. The van der Waals surface area contributed by atoms with Crippen LogP contribution in [0.5, 0.6) is 0 Å². The van der Waals surface area contributed by atoms with Crippen molar-refractivity contribution in [1.29, 1.82) is 0 Å². The van der Waals surface area contributed by atoms with Gasteiger partial charge in [0.05, 0.1) is 6.54 Å². The van der Waals surface area contributed by atoms with Crippen LogP contribution in [-0.4, -0.2) is 22.8 Å². The molecule has 110 valence electrons. The Morgan fingerprint density at radius 2 is 2.30 bits per heavy atom. The van der Waals surface area contributed by atoms with E-state index in [9.17, 15) is 0 Å². The lowest BCUT2D eigenvalue weighted by molar-refractivity contribution is 0.142. The Bertz CT molecular complexity index is 507. The Hall–Kier alpha value is -1.33. The lowest BCUT2D eigenvalue weighted by Crippen LogP contribution is -2.09. The topological polar surface area (TPSA) is 39.1 Å². The highest BCUT2D eigenvalue weighted by atomic mass is 32.1. The van der Waals surface area contributed by atoms with Gasteiger partial charge in [-0.25, -0.2) is 4.98 Å². The number of nitrogens with one attached hydrogen (secondary N) is 1. The number of imidazole rings is 1. The lowest BCUT2D eigenvalue weighted by atomic mass is 10.2. The van der Waals surface area contributed by atoms with E-state index in [2.05, 4.69) is 33.2 Å². The van der Waals surface area contributed by atoms with Gasteiger partial charge < -0.3 is 14.6 Å². The molecule has 2 aromatic heterocycles. The summed E-state index contributed by atoms with van der Waals surface area (Å²) in [5, 5.41) is 5.59. The van der Waals surface area contributed by atoms with Gasteiger partial charge in [0.2, 0.25) is 5.95 Å². The van der Waals surface area contributed by atoms with Crippen molar-refractivity contribution in [3.63, 3.8) is 0 Å². The van der Waals surface area contributed by atoms with Crippen LogP contribution in [0, 0.1) is 0 Å². The fourth-order valence-electron chi connectivity index (χ4n) is 2.13. The summed E-state index contributed by atoms with van der Waals surface area (Å²) in [6, 6.07) is 2.20. The Balaban J connectivity index is 1.85. The van der Waals surface area contributed by atoms with Gasteiger partial charge >= 0.3 is 0 Å². The predicted molar refractivity (Wildman–Crippen MR) is 84.4 cm³/mol. The summed E-state index contributed by atoms with van der Waals surface area (Å²) >= 11 is 1.81. The first-order chi connectivity index (χ1) is 9.85. The molecular formula is C15H23N3OS. The van der Waals surface area contributed by atoms with E-state index in [1.54, 1.807) is 11.3 Å². The molecule has 5 heteroatoms.